The average Bonchev–Trinajstić information content (AvgIpc) is 2.43. The molecule has 20 heavy (non-hydrogen) atoms. The molecule has 0 aliphatic carbocycles. The quantitative estimate of drug-likeness (QED) is 0.773. The molecule has 0 bridgehead atoms. The summed E-state index contributed by atoms with van der Waals surface area (Å²) in [6.07, 6.45) is 3.59. The Morgan fingerprint density at radius 1 is 1.25 bits per heavy atom. The van der Waals surface area contributed by atoms with Crippen LogP contribution >= 0.6 is 0 Å². The van der Waals surface area contributed by atoms with Gasteiger partial charge in [-0.2, -0.15) is 0 Å². The van der Waals surface area contributed by atoms with Gasteiger partial charge in [0, 0.05) is 30.5 Å². The SMILES string of the molecule is CCCN1CCC(Nc2ccc(NC(N)=O)cc2)CC1. The van der Waals surface area contributed by atoms with Gasteiger partial charge in [-0.25, -0.2) is 4.79 Å². The van der Waals surface area contributed by atoms with Crippen LogP contribution in [0.3, 0.4) is 0 Å². The molecule has 2 amide bonds. The molecule has 5 heteroatoms. The van der Waals surface area contributed by atoms with Gasteiger partial charge in [-0.15, -0.1) is 0 Å². The van der Waals surface area contributed by atoms with Gasteiger partial charge in [0.2, 0.25) is 0 Å². The molecule has 1 aliphatic rings. The molecule has 110 valence electrons. The lowest BCUT2D eigenvalue weighted by Crippen LogP contribution is -2.39. The molecule has 1 fully saturated rings. The van der Waals surface area contributed by atoms with Crippen LogP contribution in [0.1, 0.15) is 26.2 Å². The molecule has 0 unspecified atom stereocenters. The van der Waals surface area contributed by atoms with E-state index >= 15 is 0 Å². The highest BCUT2D eigenvalue weighted by atomic mass is 16.2. The van der Waals surface area contributed by atoms with Crippen molar-refractivity contribution in [3.05, 3.63) is 24.3 Å². The maximum Gasteiger partial charge on any atom is 0.316 e. The fraction of sp³-hybridized carbons (Fsp3) is 0.533. The molecule has 0 atom stereocenters. The van der Waals surface area contributed by atoms with Gasteiger partial charge in [-0.05, 0) is 50.1 Å². The summed E-state index contributed by atoms with van der Waals surface area (Å²) in [6.45, 7) is 5.78. The van der Waals surface area contributed by atoms with E-state index in [1.54, 1.807) is 0 Å². The number of urea groups is 1. The van der Waals surface area contributed by atoms with Crippen LogP contribution in [0.15, 0.2) is 24.3 Å². The standard InChI is InChI=1S/C15H24N4O/c1-2-9-19-10-7-14(8-11-19)17-12-3-5-13(6-4-12)18-15(16)20/h3-6,14,17H,2,7-11H2,1H3,(H3,16,18,20). The van der Waals surface area contributed by atoms with E-state index < -0.39 is 6.03 Å². The Bertz CT molecular complexity index is 424. The van der Waals surface area contributed by atoms with Crippen molar-refractivity contribution in [1.29, 1.82) is 0 Å². The molecular formula is C15H24N4O. The number of carbonyl (C=O) groups is 1. The molecule has 5 nitrogen and oxygen atoms in total. The molecule has 1 aliphatic heterocycles. The highest BCUT2D eigenvalue weighted by Gasteiger charge is 2.18. The van der Waals surface area contributed by atoms with Crippen LogP contribution in [-0.4, -0.2) is 36.6 Å². The monoisotopic (exact) mass is 276 g/mol. The summed E-state index contributed by atoms with van der Waals surface area (Å²) in [6, 6.07) is 7.68. The molecule has 2 rings (SSSR count). The van der Waals surface area contributed by atoms with E-state index in [0.29, 0.717) is 6.04 Å². The first-order valence-corrected chi connectivity index (χ1v) is 7.33. The molecule has 0 radical (unpaired) electrons. The molecule has 4 N–H and O–H groups in total. The van der Waals surface area contributed by atoms with Gasteiger partial charge in [0.25, 0.3) is 0 Å². The summed E-state index contributed by atoms with van der Waals surface area (Å²) in [7, 11) is 0. The van der Waals surface area contributed by atoms with E-state index in [1.165, 1.54) is 38.9 Å². The third-order valence-electron chi connectivity index (χ3n) is 3.65. The third-order valence-corrected chi connectivity index (χ3v) is 3.65. The van der Waals surface area contributed by atoms with Crippen LogP contribution in [0.5, 0.6) is 0 Å². The van der Waals surface area contributed by atoms with Crippen molar-refractivity contribution in [1.82, 2.24) is 4.90 Å². The molecular weight excluding hydrogens is 252 g/mol. The Labute approximate surface area is 120 Å². The summed E-state index contributed by atoms with van der Waals surface area (Å²) >= 11 is 0. The fourth-order valence-electron chi connectivity index (χ4n) is 2.64. The number of rotatable bonds is 5. The Hall–Kier alpha value is -1.75. The van der Waals surface area contributed by atoms with Crippen LogP contribution in [0.2, 0.25) is 0 Å². The minimum atomic E-state index is -0.533. The Balaban J connectivity index is 1.80. The van der Waals surface area contributed by atoms with Gasteiger partial charge in [-0.3, -0.25) is 0 Å². The highest BCUT2D eigenvalue weighted by Crippen LogP contribution is 2.18. The average molecular weight is 276 g/mol. The first-order chi connectivity index (χ1) is 9.67. The van der Waals surface area contributed by atoms with Crippen molar-refractivity contribution >= 4 is 17.4 Å². The maximum absolute atomic E-state index is 10.7. The van der Waals surface area contributed by atoms with Crippen LogP contribution in [0, 0.1) is 0 Å². The Morgan fingerprint density at radius 2 is 1.85 bits per heavy atom. The van der Waals surface area contributed by atoms with E-state index in [4.69, 9.17) is 5.73 Å². The number of nitrogens with one attached hydrogen (secondary N) is 2. The van der Waals surface area contributed by atoms with Crippen LogP contribution in [-0.2, 0) is 0 Å². The fourth-order valence-corrected chi connectivity index (χ4v) is 2.64. The lowest BCUT2D eigenvalue weighted by Gasteiger charge is -2.32. The van der Waals surface area contributed by atoms with Crippen molar-refractivity contribution in [2.75, 3.05) is 30.3 Å². The Morgan fingerprint density at radius 3 is 2.40 bits per heavy atom. The summed E-state index contributed by atoms with van der Waals surface area (Å²) < 4.78 is 0. The van der Waals surface area contributed by atoms with Crippen molar-refractivity contribution in [3.63, 3.8) is 0 Å². The highest BCUT2D eigenvalue weighted by molar-refractivity contribution is 5.87. The lowest BCUT2D eigenvalue weighted by atomic mass is 10.0. The van der Waals surface area contributed by atoms with Gasteiger partial charge < -0.3 is 21.3 Å². The second kappa shape index (κ2) is 7.14. The molecule has 0 saturated carbocycles. The first kappa shape index (κ1) is 14.7. The second-order valence-electron chi connectivity index (χ2n) is 5.33. The summed E-state index contributed by atoms with van der Waals surface area (Å²) in [5, 5.41) is 6.11. The first-order valence-electron chi connectivity index (χ1n) is 7.33. The van der Waals surface area contributed by atoms with Crippen molar-refractivity contribution in [3.8, 4) is 0 Å². The lowest BCUT2D eigenvalue weighted by molar-refractivity contribution is 0.219. The zero-order valence-electron chi connectivity index (χ0n) is 12.1. The number of likely N-dealkylation sites (tertiary alicyclic amines) is 1. The van der Waals surface area contributed by atoms with Gasteiger partial charge >= 0.3 is 6.03 Å². The number of hydrogen-bond donors (Lipinski definition) is 3. The van der Waals surface area contributed by atoms with Gasteiger partial charge in [0.1, 0.15) is 0 Å². The number of anilines is 2. The number of hydrogen-bond acceptors (Lipinski definition) is 3. The second-order valence-corrected chi connectivity index (χ2v) is 5.33. The molecule has 1 saturated heterocycles. The van der Waals surface area contributed by atoms with E-state index in [2.05, 4.69) is 22.5 Å². The number of primary amides is 1. The third kappa shape index (κ3) is 4.42. The van der Waals surface area contributed by atoms with Crippen molar-refractivity contribution in [2.45, 2.75) is 32.2 Å². The van der Waals surface area contributed by atoms with Gasteiger partial charge in [0.15, 0.2) is 0 Å². The van der Waals surface area contributed by atoms with Crippen LogP contribution < -0.4 is 16.4 Å². The van der Waals surface area contributed by atoms with Gasteiger partial charge in [-0.1, -0.05) is 6.92 Å². The topological polar surface area (TPSA) is 70.4 Å². The van der Waals surface area contributed by atoms with Gasteiger partial charge in [0.05, 0.1) is 0 Å². The molecule has 1 heterocycles. The van der Waals surface area contributed by atoms with Crippen LogP contribution in [0.25, 0.3) is 0 Å². The predicted octanol–water partition coefficient (Wildman–Crippen LogP) is 2.46. The van der Waals surface area contributed by atoms with Crippen molar-refractivity contribution in [2.24, 2.45) is 5.73 Å². The summed E-state index contributed by atoms with van der Waals surface area (Å²) in [5.74, 6) is 0. The van der Waals surface area contributed by atoms with Crippen LogP contribution in [0.4, 0.5) is 16.2 Å². The summed E-state index contributed by atoms with van der Waals surface area (Å²) in [5.41, 5.74) is 6.89. The number of nitrogens with zero attached hydrogens (tertiary/aromatic N) is 1. The zero-order chi connectivity index (χ0) is 14.4. The van der Waals surface area contributed by atoms with Crippen molar-refractivity contribution < 1.29 is 4.79 Å². The smallest absolute Gasteiger partial charge is 0.316 e. The summed E-state index contributed by atoms with van der Waals surface area (Å²) in [4.78, 5) is 13.3. The number of amides is 2. The largest absolute Gasteiger partial charge is 0.382 e. The van der Waals surface area contributed by atoms with E-state index in [1.807, 2.05) is 24.3 Å². The molecule has 0 spiro atoms. The van der Waals surface area contributed by atoms with E-state index in [9.17, 15) is 4.79 Å². The number of nitrogens with two attached hydrogens (primary N) is 1. The minimum absolute atomic E-state index is 0.533. The number of carbonyl (C=O) groups excluding carboxylic acids is 1. The molecule has 0 aromatic heterocycles. The molecule has 1 aromatic carbocycles. The van der Waals surface area contributed by atoms with E-state index in [0.717, 1.165) is 11.4 Å². The van der Waals surface area contributed by atoms with E-state index in [-0.39, 0.29) is 0 Å². The number of piperidine rings is 1. The zero-order valence-corrected chi connectivity index (χ0v) is 12.1. The Kier molecular flexibility index (Phi) is 5.24. The molecule has 1 aromatic rings. The maximum atomic E-state index is 10.7. The number of benzene rings is 1. The predicted molar refractivity (Wildman–Crippen MR) is 83.0 cm³/mol. The normalized spacial score (nSPS) is 16.9. The minimum Gasteiger partial charge on any atom is -0.382 e.